The van der Waals surface area contributed by atoms with E-state index in [9.17, 15) is 4.79 Å². The number of primary amides is 1. The van der Waals surface area contributed by atoms with E-state index in [1.54, 1.807) is 6.07 Å². The lowest BCUT2D eigenvalue weighted by Crippen LogP contribution is -2.28. The minimum absolute atomic E-state index is 0.180. The van der Waals surface area contributed by atoms with E-state index in [0.717, 1.165) is 29.7 Å². The molecule has 2 rings (SSSR count). The van der Waals surface area contributed by atoms with Crippen molar-refractivity contribution < 1.29 is 4.79 Å². The van der Waals surface area contributed by atoms with Gasteiger partial charge in [-0.1, -0.05) is 15.9 Å². The van der Waals surface area contributed by atoms with Gasteiger partial charge in [0.15, 0.2) is 0 Å². The van der Waals surface area contributed by atoms with Crippen LogP contribution in [0.25, 0.3) is 0 Å². The molecule has 0 bridgehead atoms. The van der Waals surface area contributed by atoms with E-state index in [1.165, 1.54) is 0 Å². The van der Waals surface area contributed by atoms with Gasteiger partial charge in [0, 0.05) is 23.6 Å². The minimum atomic E-state index is -0.400. The molecule has 0 aromatic heterocycles. The first-order valence-electron chi connectivity index (χ1n) is 5.18. The van der Waals surface area contributed by atoms with E-state index in [2.05, 4.69) is 20.8 Å². The molecule has 0 saturated carbocycles. The Kier molecular flexibility index (Phi) is 3.16. The first-order chi connectivity index (χ1) is 7.58. The van der Waals surface area contributed by atoms with Gasteiger partial charge < -0.3 is 16.4 Å². The molecule has 0 aliphatic carbocycles. The number of hydrogen-bond acceptors (Lipinski definition) is 3. The molecule has 1 fully saturated rings. The molecule has 4 nitrogen and oxygen atoms in total. The van der Waals surface area contributed by atoms with Crippen LogP contribution in [-0.2, 0) is 0 Å². The predicted octanol–water partition coefficient (Wildman–Crippen LogP) is 1.09. The fraction of sp³-hybridized carbons (Fsp3) is 0.364. The zero-order chi connectivity index (χ0) is 11.7. The highest BCUT2D eigenvalue weighted by atomic mass is 79.9. The number of nitrogens with zero attached hydrogens (tertiary/aromatic N) is 1. The largest absolute Gasteiger partial charge is 0.369 e. The molecule has 1 heterocycles. The molecular weight excluding hydrogens is 270 g/mol. The second-order valence-electron chi connectivity index (χ2n) is 4.02. The summed E-state index contributed by atoms with van der Waals surface area (Å²) in [5.74, 6) is -0.400. The zero-order valence-electron chi connectivity index (χ0n) is 8.82. The Hall–Kier alpha value is -1.07. The van der Waals surface area contributed by atoms with E-state index < -0.39 is 5.91 Å². The van der Waals surface area contributed by atoms with Crippen LogP contribution in [-0.4, -0.2) is 25.0 Å². The van der Waals surface area contributed by atoms with Gasteiger partial charge in [-0.2, -0.15) is 0 Å². The molecule has 1 aliphatic rings. The molecule has 1 aromatic rings. The Balaban J connectivity index is 2.37. The standard InChI is InChI=1S/C11H14BrN3O/c12-7-1-2-9(11(14)16)10(5-7)15-4-3-8(13)6-15/h1-2,5,8H,3-4,6,13H2,(H2,14,16). The topological polar surface area (TPSA) is 72.4 Å². The van der Waals surface area contributed by atoms with E-state index in [0.29, 0.717) is 5.56 Å². The summed E-state index contributed by atoms with van der Waals surface area (Å²) in [5, 5.41) is 0. The fourth-order valence-corrected chi connectivity index (χ4v) is 2.33. The number of halogens is 1. The summed E-state index contributed by atoms with van der Waals surface area (Å²) in [6.07, 6.45) is 0.949. The van der Waals surface area contributed by atoms with Crippen molar-refractivity contribution in [3.8, 4) is 0 Å². The van der Waals surface area contributed by atoms with Gasteiger partial charge in [0.2, 0.25) is 0 Å². The van der Waals surface area contributed by atoms with E-state index >= 15 is 0 Å². The number of nitrogens with two attached hydrogens (primary N) is 2. The highest BCUT2D eigenvalue weighted by molar-refractivity contribution is 9.10. The Labute approximate surface area is 103 Å². The third-order valence-corrected chi connectivity index (χ3v) is 3.28. The van der Waals surface area contributed by atoms with Crippen LogP contribution in [0.5, 0.6) is 0 Å². The molecule has 1 aliphatic heterocycles. The van der Waals surface area contributed by atoms with Gasteiger partial charge in [-0.3, -0.25) is 4.79 Å². The van der Waals surface area contributed by atoms with E-state index in [1.807, 2.05) is 12.1 Å². The van der Waals surface area contributed by atoms with Crippen LogP contribution in [0.4, 0.5) is 5.69 Å². The maximum Gasteiger partial charge on any atom is 0.250 e. The van der Waals surface area contributed by atoms with Gasteiger partial charge in [-0.15, -0.1) is 0 Å². The maximum absolute atomic E-state index is 11.3. The highest BCUT2D eigenvalue weighted by Gasteiger charge is 2.22. The Morgan fingerprint density at radius 2 is 2.25 bits per heavy atom. The second-order valence-corrected chi connectivity index (χ2v) is 4.94. The number of carbonyl (C=O) groups is 1. The smallest absolute Gasteiger partial charge is 0.250 e. The zero-order valence-corrected chi connectivity index (χ0v) is 10.4. The summed E-state index contributed by atoms with van der Waals surface area (Å²) in [5.41, 5.74) is 12.6. The summed E-state index contributed by atoms with van der Waals surface area (Å²) in [4.78, 5) is 13.4. The lowest BCUT2D eigenvalue weighted by Gasteiger charge is -2.20. The number of carbonyl (C=O) groups excluding carboxylic acids is 1. The molecule has 1 aromatic carbocycles. The molecule has 0 radical (unpaired) electrons. The first-order valence-corrected chi connectivity index (χ1v) is 5.97. The maximum atomic E-state index is 11.3. The molecule has 1 atom stereocenters. The molecule has 86 valence electrons. The average molecular weight is 284 g/mol. The molecule has 1 amide bonds. The predicted molar refractivity (Wildman–Crippen MR) is 67.5 cm³/mol. The van der Waals surface area contributed by atoms with Gasteiger partial charge in [0.1, 0.15) is 0 Å². The Bertz CT molecular complexity index is 422. The van der Waals surface area contributed by atoms with Gasteiger partial charge >= 0.3 is 0 Å². The second kappa shape index (κ2) is 4.43. The number of benzene rings is 1. The van der Waals surface area contributed by atoms with Gasteiger partial charge in [-0.25, -0.2) is 0 Å². The highest BCUT2D eigenvalue weighted by Crippen LogP contribution is 2.27. The lowest BCUT2D eigenvalue weighted by molar-refractivity contribution is 0.100. The third-order valence-electron chi connectivity index (χ3n) is 2.79. The fourth-order valence-electron chi connectivity index (χ4n) is 1.98. The summed E-state index contributed by atoms with van der Waals surface area (Å²) >= 11 is 3.40. The SMILES string of the molecule is NC(=O)c1ccc(Br)cc1N1CCC(N)C1. The van der Waals surface area contributed by atoms with Crippen molar-refractivity contribution in [1.82, 2.24) is 0 Å². The number of rotatable bonds is 2. The van der Waals surface area contributed by atoms with Crippen molar-refractivity contribution in [2.75, 3.05) is 18.0 Å². The van der Waals surface area contributed by atoms with Crippen LogP contribution in [0.15, 0.2) is 22.7 Å². The molecule has 1 saturated heterocycles. The summed E-state index contributed by atoms with van der Waals surface area (Å²) in [7, 11) is 0. The monoisotopic (exact) mass is 283 g/mol. The Morgan fingerprint density at radius 1 is 1.50 bits per heavy atom. The number of amides is 1. The quantitative estimate of drug-likeness (QED) is 0.853. The van der Waals surface area contributed by atoms with Gasteiger partial charge in [-0.05, 0) is 24.6 Å². The summed E-state index contributed by atoms with van der Waals surface area (Å²) in [6, 6.07) is 5.66. The van der Waals surface area contributed by atoms with Crippen LogP contribution < -0.4 is 16.4 Å². The molecular formula is C11H14BrN3O. The van der Waals surface area contributed by atoms with Crippen molar-refractivity contribution in [3.63, 3.8) is 0 Å². The number of hydrogen-bond donors (Lipinski definition) is 2. The molecule has 0 spiro atoms. The summed E-state index contributed by atoms with van der Waals surface area (Å²) in [6.45, 7) is 1.65. The van der Waals surface area contributed by atoms with Gasteiger partial charge in [0.05, 0.1) is 11.3 Å². The van der Waals surface area contributed by atoms with Crippen LogP contribution in [0.3, 0.4) is 0 Å². The molecule has 16 heavy (non-hydrogen) atoms. The summed E-state index contributed by atoms with van der Waals surface area (Å²) < 4.78 is 0.938. The first kappa shape index (κ1) is 11.4. The molecule has 5 heteroatoms. The van der Waals surface area contributed by atoms with Crippen molar-refractivity contribution in [2.24, 2.45) is 11.5 Å². The normalized spacial score (nSPS) is 20.1. The van der Waals surface area contributed by atoms with Crippen LogP contribution in [0.1, 0.15) is 16.8 Å². The van der Waals surface area contributed by atoms with E-state index in [-0.39, 0.29) is 6.04 Å². The number of anilines is 1. The van der Waals surface area contributed by atoms with Crippen molar-refractivity contribution in [2.45, 2.75) is 12.5 Å². The van der Waals surface area contributed by atoms with Gasteiger partial charge in [0.25, 0.3) is 5.91 Å². The molecule has 1 unspecified atom stereocenters. The van der Waals surface area contributed by atoms with Crippen molar-refractivity contribution >= 4 is 27.5 Å². The molecule has 4 N–H and O–H groups in total. The average Bonchev–Trinajstić information content (AvgIpc) is 2.64. The van der Waals surface area contributed by atoms with Crippen molar-refractivity contribution in [1.29, 1.82) is 0 Å². The van der Waals surface area contributed by atoms with E-state index in [4.69, 9.17) is 11.5 Å². The Morgan fingerprint density at radius 3 is 2.81 bits per heavy atom. The van der Waals surface area contributed by atoms with Crippen molar-refractivity contribution in [3.05, 3.63) is 28.2 Å². The lowest BCUT2D eigenvalue weighted by atomic mass is 10.1. The third kappa shape index (κ3) is 2.20. The van der Waals surface area contributed by atoms with Crippen LogP contribution in [0, 0.1) is 0 Å². The van der Waals surface area contributed by atoms with Crippen LogP contribution in [0.2, 0.25) is 0 Å². The minimum Gasteiger partial charge on any atom is -0.369 e. The van der Waals surface area contributed by atoms with Crippen LogP contribution >= 0.6 is 15.9 Å².